The number of rotatable bonds is 8. The van der Waals surface area contributed by atoms with Gasteiger partial charge in [-0.05, 0) is 71.4 Å². The van der Waals surface area contributed by atoms with E-state index in [1.165, 1.54) is 0 Å². The van der Waals surface area contributed by atoms with Gasteiger partial charge in [0.15, 0.2) is 5.82 Å². The SMILES string of the molecule is C/C(=C\Cc1c[nH]c(N(O)O)c1)CC[C@H](O)[C@@]1(C)CC[C@H](C(C)(C)O)O1. The predicted molar refractivity (Wildman–Crippen MR) is 98.4 cm³/mol. The monoisotopic (exact) mass is 368 g/mol. The molecule has 5 N–H and O–H groups in total. The number of hydrogen-bond acceptors (Lipinski definition) is 6. The summed E-state index contributed by atoms with van der Waals surface area (Å²) < 4.78 is 5.99. The number of allylic oxidation sites excluding steroid dienone is 2. The largest absolute Gasteiger partial charge is 0.390 e. The number of aromatic amines is 1. The van der Waals surface area contributed by atoms with E-state index in [-0.39, 0.29) is 17.1 Å². The number of hydrogen-bond donors (Lipinski definition) is 5. The fourth-order valence-corrected chi connectivity index (χ4v) is 3.33. The van der Waals surface area contributed by atoms with E-state index in [0.29, 0.717) is 12.8 Å². The van der Waals surface area contributed by atoms with E-state index >= 15 is 0 Å². The maximum absolute atomic E-state index is 10.6. The van der Waals surface area contributed by atoms with Gasteiger partial charge in [-0.3, -0.25) is 10.4 Å². The highest BCUT2D eigenvalue weighted by Crippen LogP contribution is 2.38. The van der Waals surface area contributed by atoms with Crippen molar-refractivity contribution >= 4 is 5.82 Å². The Labute approximate surface area is 154 Å². The second-order valence-corrected chi connectivity index (χ2v) is 8.10. The molecule has 7 nitrogen and oxygen atoms in total. The van der Waals surface area contributed by atoms with Gasteiger partial charge >= 0.3 is 0 Å². The molecule has 1 aromatic heterocycles. The molecule has 0 unspecified atom stereocenters. The zero-order valence-electron chi connectivity index (χ0n) is 16.1. The van der Waals surface area contributed by atoms with Gasteiger partial charge in [0, 0.05) is 6.20 Å². The van der Waals surface area contributed by atoms with Crippen LogP contribution in [0.25, 0.3) is 0 Å². The molecule has 2 rings (SSSR count). The summed E-state index contributed by atoms with van der Waals surface area (Å²) in [5, 5.41) is 38.6. The first kappa shape index (κ1) is 20.9. The summed E-state index contributed by atoms with van der Waals surface area (Å²) in [5.41, 5.74) is 0.567. The minimum absolute atomic E-state index is 0.0552. The van der Waals surface area contributed by atoms with Crippen LogP contribution in [0.3, 0.4) is 0 Å². The van der Waals surface area contributed by atoms with Crippen LogP contribution in [0.4, 0.5) is 5.82 Å². The molecule has 1 fully saturated rings. The van der Waals surface area contributed by atoms with Gasteiger partial charge in [0.25, 0.3) is 0 Å². The first-order valence-electron chi connectivity index (χ1n) is 9.10. The number of aliphatic hydroxyl groups excluding tert-OH is 1. The fraction of sp³-hybridized carbons (Fsp3) is 0.684. The lowest BCUT2D eigenvalue weighted by Gasteiger charge is -2.33. The maximum Gasteiger partial charge on any atom is 0.161 e. The predicted octanol–water partition coefficient (Wildman–Crippen LogP) is 2.94. The Kier molecular flexibility index (Phi) is 6.52. The van der Waals surface area contributed by atoms with Crippen LogP contribution in [0.15, 0.2) is 23.9 Å². The zero-order valence-corrected chi connectivity index (χ0v) is 16.1. The van der Waals surface area contributed by atoms with Crippen LogP contribution < -0.4 is 5.23 Å². The average Bonchev–Trinajstić information content (AvgIpc) is 3.17. The van der Waals surface area contributed by atoms with E-state index in [4.69, 9.17) is 15.2 Å². The lowest BCUT2D eigenvalue weighted by atomic mass is 9.90. The number of H-pyrrole nitrogens is 1. The number of nitrogens with zero attached hydrogens (tertiary/aromatic N) is 1. The minimum Gasteiger partial charge on any atom is -0.390 e. The molecule has 3 atom stereocenters. The van der Waals surface area contributed by atoms with Crippen molar-refractivity contribution < 1.29 is 25.4 Å². The van der Waals surface area contributed by atoms with Crippen molar-refractivity contribution in [2.24, 2.45) is 0 Å². The number of ether oxygens (including phenoxy) is 1. The third-order valence-electron chi connectivity index (χ3n) is 5.25. The molecule has 0 amide bonds. The third-order valence-corrected chi connectivity index (χ3v) is 5.25. The van der Waals surface area contributed by atoms with Crippen molar-refractivity contribution in [3.63, 3.8) is 0 Å². The Balaban J connectivity index is 1.83. The fourth-order valence-electron chi connectivity index (χ4n) is 3.33. The van der Waals surface area contributed by atoms with Crippen LogP contribution in [0, 0.1) is 0 Å². The van der Waals surface area contributed by atoms with Crippen LogP contribution in [-0.4, -0.2) is 49.0 Å². The van der Waals surface area contributed by atoms with Crippen LogP contribution in [-0.2, 0) is 11.2 Å². The van der Waals surface area contributed by atoms with Gasteiger partial charge < -0.3 is 19.9 Å². The number of nitrogens with one attached hydrogen (secondary N) is 1. The molecule has 0 spiro atoms. The van der Waals surface area contributed by atoms with Crippen molar-refractivity contribution in [2.45, 2.75) is 83.2 Å². The molecular formula is C19H32N2O5. The van der Waals surface area contributed by atoms with E-state index < -0.39 is 17.3 Å². The van der Waals surface area contributed by atoms with Crippen LogP contribution in [0.1, 0.15) is 58.9 Å². The van der Waals surface area contributed by atoms with Gasteiger partial charge in [-0.1, -0.05) is 11.6 Å². The third kappa shape index (κ3) is 5.31. The Hall–Kier alpha value is -1.38. The van der Waals surface area contributed by atoms with Crippen molar-refractivity contribution in [1.29, 1.82) is 0 Å². The van der Waals surface area contributed by atoms with Crippen LogP contribution in [0.2, 0.25) is 0 Å². The molecule has 26 heavy (non-hydrogen) atoms. The van der Waals surface area contributed by atoms with Crippen molar-refractivity contribution in [2.75, 3.05) is 5.23 Å². The number of aliphatic hydroxyl groups is 2. The molecule has 0 aromatic carbocycles. The Bertz CT molecular complexity index is 620. The van der Waals surface area contributed by atoms with Gasteiger partial charge in [0.1, 0.15) is 0 Å². The summed E-state index contributed by atoms with van der Waals surface area (Å²) in [6.45, 7) is 7.41. The second-order valence-electron chi connectivity index (χ2n) is 8.10. The molecule has 7 heteroatoms. The first-order chi connectivity index (χ1) is 12.0. The summed E-state index contributed by atoms with van der Waals surface area (Å²) in [5.74, 6) is 0.217. The second kappa shape index (κ2) is 8.10. The number of anilines is 1. The Morgan fingerprint density at radius 3 is 2.73 bits per heavy atom. The maximum atomic E-state index is 10.6. The Morgan fingerprint density at radius 2 is 2.19 bits per heavy atom. The topological polar surface area (TPSA) is 109 Å². The summed E-state index contributed by atoms with van der Waals surface area (Å²) in [6, 6.07) is 1.66. The highest BCUT2D eigenvalue weighted by atomic mass is 16.8. The van der Waals surface area contributed by atoms with Gasteiger partial charge in [-0.15, -0.1) is 5.23 Å². The first-order valence-corrected chi connectivity index (χ1v) is 9.10. The Morgan fingerprint density at radius 1 is 1.50 bits per heavy atom. The molecular weight excluding hydrogens is 336 g/mol. The molecule has 0 radical (unpaired) electrons. The lowest BCUT2D eigenvalue weighted by molar-refractivity contribution is -0.153. The molecule has 148 valence electrons. The van der Waals surface area contributed by atoms with E-state index in [2.05, 4.69) is 11.1 Å². The van der Waals surface area contributed by atoms with Crippen LogP contribution in [0.5, 0.6) is 0 Å². The van der Waals surface area contributed by atoms with Crippen molar-refractivity contribution in [1.82, 2.24) is 4.98 Å². The highest BCUT2D eigenvalue weighted by Gasteiger charge is 2.46. The van der Waals surface area contributed by atoms with Gasteiger partial charge in [0.05, 0.1) is 23.4 Å². The van der Waals surface area contributed by atoms with E-state index in [9.17, 15) is 10.2 Å². The lowest BCUT2D eigenvalue weighted by Crippen LogP contribution is -2.43. The van der Waals surface area contributed by atoms with Crippen molar-refractivity contribution in [3.8, 4) is 0 Å². The van der Waals surface area contributed by atoms with Crippen molar-refractivity contribution in [3.05, 3.63) is 29.5 Å². The molecule has 1 saturated heterocycles. The molecule has 1 aliphatic heterocycles. The van der Waals surface area contributed by atoms with E-state index in [1.54, 1.807) is 26.1 Å². The van der Waals surface area contributed by atoms with Gasteiger partial charge in [-0.2, -0.15) is 0 Å². The molecule has 1 aromatic rings. The van der Waals surface area contributed by atoms with E-state index in [0.717, 1.165) is 30.4 Å². The normalized spacial score (nSPS) is 25.5. The number of aromatic nitrogens is 1. The summed E-state index contributed by atoms with van der Waals surface area (Å²) >= 11 is 0. The smallest absolute Gasteiger partial charge is 0.161 e. The summed E-state index contributed by atoms with van der Waals surface area (Å²) in [7, 11) is 0. The molecule has 0 bridgehead atoms. The van der Waals surface area contributed by atoms with Crippen LogP contribution >= 0.6 is 0 Å². The quantitative estimate of drug-likeness (QED) is 0.357. The van der Waals surface area contributed by atoms with Gasteiger partial charge in [-0.25, -0.2) is 0 Å². The highest BCUT2D eigenvalue weighted by molar-refractivity contribution is 5.37. The summed E-state index contributed by atoms with van der Waals surface area (Å²) in [6.07, 6.45) is 6.43. The standard InChI is InChI=1S/C19H32N2O5/c1-13(5-7-14-11-17(20-12-14)21(24)25)6-8-15(22)19(4)10-9-16(26-19)18(2,3)23/h5,11-12,15-16,20,22-25H,6-10H2,1-4H3/b13-5+/t15-,16+,19+/m0/s1. The summed E-state index contributed by atoms with van der Waals surface area (Å²) in [4.78, 5) is 2.76. The minimum atomic E-state index is -0.901. The van der Waals surface area contributed by atoms with Gasteiger partial charge in [0.2, 0.25) is 0 Å². The zero-order chi connectivity index (χ0) is 19.5. The van der Waals surface area contributed by atoms with E-state index in [1.807, 2.05) is 13.8 Å². The molecule has 0 aliphatic carbocycles. The average molecular weight is 368 g/mol. The molecule has 0 saturated carbocycles. The molecule has 1 aliphatic rings. The molecule has 2 heterocycles.